The molecule has 0 saturated carbocycles. The molecule has 29 heavy (non-hydrogen) atoms. The van der Waals surface area contributed by atoms with E-state index in [1.165, 1.54) is 0 Å². The van der Waals surface area contributed by atoms with Crippen molar-refractivity contribution >= 4 is 29.4 Å². The van der Waals surface area contributed by atoms with Crippen molar-refractivity contribution in [3.8, 4) is 0 Å². The average molecular weight is 399 g/mol. The van der Waals surface area contributed by atoms with Gasteiger partial charge in [-0.25, -0.2) is 0 Å². The minimum atomic E-state index is -0.476. The molecular weight excluding hydrogens is 368 g/mol. The zero-order chi connectivity index (χ0) is 20.8. The van der Waals surface area contributed by atoms with Crippen molar-refractivity contribution in [2.75, 3.05) is 35.6 Å². The molecule has 0 bridgehead atoms. The molecule has 2 aromatic rings. The van der Waals surface area contributed by atoms with Gasteiger partial charge in [0.25, 0.3) is 0 Å². The quantitative estimate of drug-likeness (QED) is 0.435. The van der Waals surface area contributed by atoms with Gasteiger partial charge in [-0.1, -0.05) is 26.3 Å². The van der Waals surface area contributed by atoms with Crippen molar-refractivity contribution in [1.82, 2.24) is 20.3 Å². The predicted molar refractivity (Wildman–Crippen MR) is 116 cm³/mol. The summed E-state index contributed by atoms with van der Waals surface area (Å²) in [5.41, 5.74) is 7.53. The molecule has 1 aliphatic rings. The number of carbonyl (C=O) groups excluding carboxylic acids is 1. The largest absolute Gasteiger partial charge is 0.366 e. The summed E-state index contributed by atoms with van der Waals surface area (Å²) >= 11 is 0. The molecule has 9 nitrogen and oxygen atoms in total. The summed E-state index contributed by atoms with van der Waals surface area (Å²) in [6.07, 6.45) is 2.09. The first-order valence-corrected chi connectivity index (χ1v) is 10.1. The van der Waals surface area contributed by atoms with Gasteiger partial charge in [0, 0.05) is 30.4 Å². The molecule has 0 spiro atoms. The molecule has 1 saturated heterocycles. The molecule has 0 radical (unpaired) electrons. The van der Waals surface area contributed by atoms with Gasteiger partial charge in [-0.3, -0.25) is 4.79 Å². The molecule has 1 aromatic heterocycles. The third-order valence-electron chi connectivity index (χ3n) is 5.10. The third-order valence-corrected chi connectivity index (χ3v) is 5.10. The lowest BCUT2D eigenvalue weighted by Gasteiger charge is -2.16. The van der Waals surface area contributed by atoms with E-state index in [9.17, 15) is 4.79 Å². The summed E-state index contributed by atoms with van der Waals surface area (Å²) in [4.78, 5) is 25.1. The highest BCUT2D eigenvalue weighted by atomic mass is 16.1. The van der Waals surface area contributed by atoms with Crippen LogP contribution >= 0.6 is 0 Å². The normalized spacial score (nSPS) is 17.0. The van der Waals surface area contributed by atoms with E-state index in [1.54, 1.807) is 12.1 Å². The van der Waals surface area contributed by atoms with Gasteiger partial charge < -0.3 is 27.0 Å². The number of aromatic nitrogens is 3. The van der Waals surface area contributed by atoms with Crippen LogP contribution in [0.4, 0.5) is 23.5 Å². The van der Waals surface area contributed by atoms with Gasteiger partial charge >= 0.3 is 0 Å². The first-order chi connectivity index (χ1) is 13.9. The van der Waals surface area contributed by atoms with Crippen molar-refractivity contribution in [2.24, 2.45) is 11.7 Å². The van der Waals surface area contributed by atoms with E-state index in [-0.39, 0.29) is 6.04 Å². The highest BCUT2D eigenvalue weighted by Crippen LogP contribution is 2.22. The zero-order valence-corrected chi connectivity index (χ0v) is 17.2. The van der Waals surface area contributed by atoms with Crippen LogP contribution < -0.4 is 27.0 Å². The van der Waals surface area contributed by atoms with Crippen LogP contribution in [0.1, 0.15) is 42.6 Å². The second kappa shape index (κ2) is 9.51. The summed E-state index contributed by atoms with van der Waals surface area (Å²) < 4.78 is 0. The summed E-state index contributed by atoms with van der Waals surface area (Å²) in [6, 6.07) is 5.54. The molecule has 2 atom stereocenters. The Kier molecular flexibility index (Phi) is 6.82. The van der Waals surface area contributed by atoms with Gasteiger partial charge in [0.1, 0.15) is 0 Å². The molecular formula is C20H30N8O. The molecule has 1 fully saturated rings. The minimum absolute atomic E-state index is 0.285. The van der Waals surface area contributed by atoms with Gasteiger partial charge in [0.15, 0.2) is 0 Å². The highest BCUT2D eigenvalue weighted by Gasteiger charge is 2.17. The standard InChI is InChI=1S/C20H30N8O/c1-4-12(2)10-23-18-26-19(24-15-7-8-22-11-15)28-20(27-18)25-16-9-14(17(21)29)6-5-13(16)3/h5-6,9,12,15,22H,4,7-8,10-11H2,1-3H3,(H2,21,29)(H3,23,24,25,26,27,28)/t12?,15-/m1/s1. The van der Waals surface area contributed by atoms with Crippen molar-refractivity contribution in [2.45, 2.75) is 39.7 Å². The number of hydrogen-bond donors (Lipinski definition) is 5. The SMILES string of the molecule is CCC(C)CNc1nc(Nc2cc(C(N)=O)ccc2C)nc(N[C@@H]2CCNC2)n1. The van der Waals surface area contributed by atoms with Crippen molar-refractivity contribution in [1.29, 1.82) is 0 Å². The first-order valence-electron chi connectivity index (χ1n) is 10.1. The van der Waals surface area contributed by atoms with Gasteiger partial charge in [0.05, 0.1) is 0 Å². The lowest BCUT2D eigenvalue weighted by atomic mass is 10.1. The van der Waals surface area contributed by atoms with E-state index in [0.717, 1.165) is 43.7 Å². The van der Waals surface area contributed by atoms with E-state index >= 15 is 0 Å². The molecule has 0 aliphatic carbocycles. The Morgan fingerprint density at radius 1 is 1.28 bits per heavy atom. The van der Waals surface area contributed by atoms with Crippen LogP contribution in [0.3, 0.4) is 0 Å². The van der Waals surface area contributed by atoms with Crippen molar-refractivity contribution in [3.05, 3.63) is 29.3 Å². The van der Waals surface area contributed by atoms with Crippen molar-refractivity contribution in [3.63, 3.8) is 0 Å². The lowest BCUT2D eigenvalue weighted by molar-refractivity contribution is 0.100. The maximum atomic E-state index is 11.5. The molecule has 1 aliphatic heterocycles. The van der Waals surface area contributed by atoms with Gasteiger partial charge in [-0.2, -0.15) is 15.0 Å². The summed E-state index contributed by atoms with van der Waals surface area (Å²) in [6.45, 7) is 8.91. The number of benzene rings is 1. The Morgan fingerprint density at radius 3 is 2.72 bits per heavy atom. The molecule has 156 valence electrons. The van der Waals surface area contributed by atoms with Gasteiger partial charge in [0.2, 0.25) is 23.8 Å². The summed E-state index contributed by atoms with van der Waals surface area (Å²) in [5.74, 6) is 1.47. The Morgan fingerprint density at radius 2 is 2.03 bits per heavy atom. The molecule has 1 aromatic carbocycles. The number of rotatable bonds is 9. The van der Waals surface area contributed by atoms with Crippen LogP contribution in [-0.2, 0) is 0 Å². The number of nitrogens with one attached hydrogen (secondary N) is 4. The minimum Gasteiger partial charge on any atom is -0.366 e. The highest BCUT2D eigenvalue weighted by molar-refractivity contribution is 5.94. The Hall–Kier alpha value is -2.94. The monoisotopic (exact) mass is 398 g/mol. The number of nitrogens with two attached hydrogens (primary N) is 1. The fourth-order valence-corrected chi connectivity index (χ4v) is 2.98. The third kappa shape index (κ3) is 5.77. The number of carbonyl (C=O) groups is 1. The van der Waals surface area contributed by atoms with E-state index in [2.05, 4.69) is 50.1 Å². The van der Waals surface area contributed by atoms with Crippen LogP contribution in [0.5, 0.6) is 0 Å². The summed E-state index contributed by atoms with van der Waals surface area (Å²) in [5, 5.41) is 13.2. The van der Waals surface area contributed by atoms with E-state index in [1.807, 2.05) is 13.0 Å². The maximum absolute atomic E-state index is 11.5. The fraction of sp³-hybridized carbons (Fsp3) is 0.500. The molecule has 6 N–H and O–H groups in total. The van der Waals surface area contributed by atoms with Gasteiger partial charge in [-0.05, 0) is 43.5 Å². The van der Waals surface area contributed by atoms with Crippen LogP contribution in [0.2, 0.25) is 0 Å². The van der Waals surface area contributed by atoms with E-state index in [0.29, 0.717) is 29.3 Å². The Bertz CT molecular complexity index is 850. The Labute approximate surface area is 171 Å². The number of nitrogens with zero attached hydrogens (tertiary/aromatic N) is 3. The molecule has 9 heteroatoms. The molecule has 2 heterocycles. The van der Waals surface area contributed by atoms with Crippen LogP contribution in [-0.4, -0.2) is 46.5 Å². The molecule has 3 rings (SSSR count). The number of amides is 1. The topological polar surface area (TPSA) is 130 Å². The predicted octanol–water partition coefficient (Wildman–Crippen LogP) is 2.25. The Balaban J connectivity index is 1.85. The van der Waals surface area contributed by atoms with Crippen LogP contribution in [0.25, 0.3) is 0 Å². The molecule has 1 amide bonds. The summed E-state index contributed by atoms with van der Waals surface area (Å²) in [7, 11) is 0. The second-order valence-electron chi connectivity index (χ2n) is 7.55. The smallest absolute Gasteiger partial charge is 0.248 e. The van der Waals surface area contributed by atoms with E-state index in [4.69, 9.17) is 5.73 Å². The number of primary amides is 1. The molecule has 1 unspecified atom stereocenters. The number of hydrogen-bond acceptors (Lipinski definition) is 8. The zero-order valence-electron chi connectivity index (χ0n) is 17.2. The van der Waals surface area contributed by atoms with E-state index < -0.39 is 5.91 Å². The fourth-order valence-electron chi connectivity index (χ4n) is 2.98. The number of aryl methyl sites for hydroxylation is 1. The average Bonchev–Trinajstić information content (AvgIpc) is 3.20. The number of anilines is 4. The maximum Gasteiger partial charge on any atom is 0.248 e. The van der Waals surface area contributed by atoms with Crippen molar-refractivity contribution < 1.29 is 4.79 Å². The van der Waals surface area contributed by atoms with Crippen LogP contribution in [0, 0.1) is 12.8 Å². The van der Waals surface area contributed by atoms with Gasteiger partial charge in [-0.15, -0.1) is 0 Å². The first kappa shape index (κ1) is 20.8. The second-order valence-corrected chi connectivity index (χ2v) is 7.55. The van der Waals surface area contributed by atoms with Crippen LogP contribution in [0.15, 0.2) is 18.2 Å². The lowest BCUT2D eigenvalue weighted by Crippen LogP contribution is -2.24.